The number of ether oxygens (including phenoxy) is 1. The van der Waals surface area contributed by atoms with Crippen LogP contribution in [0.2, 0.25) is 0 Å². The summed E-state index contributed by atoms with van der Waals surface area (Å²) in [6.07, 6.45) is 1.32. The van der Waals surface area contributed by atoms with Crippen LogP contribution in [0.1, 0.15) is 32.8 Å². The largest absolute Gasteiger partial charge is 0.509 e. The average molecular weight is 395 g/mol. The van der Waals surface area contributed by atoms with Crippen LogP contribution in [0, 0.1) is 5.92 Å². The summed E-state index contributed by atoms with van der Waals surface area (Å²) in [5.74, 6) is -0.428. The lowest BCUT2D eigenvalue weighted by Crippen LogP contribution is -2.57. The number of nitrogens with zero attached hydrogens (tertiary/aromatic N) is 1. The molecule has 1 unspecified atom stereocenters. The summed E-state index contributed by atoms with van der Waals surface area (Å²) in [5.41, 5.74) is 8.19. The van der Waals surface area contributed by atoms with Crippen molar-refractivity contribution >= 4 is 17.3 Å². The van der Waals surface area contributed by atoms with E-state index in [0.29, 0.717) is 18.5 Å². The van der Waals surface area contributed by atoms with Gasteiger partial charge in [-0.15, -0.1) is 0 Å². The Morgan fingerprint density at radius 1 is 1.14 bits per heavy atom. The van der Waals surface area contributed by atoms with Gasteiger partial charge in [-0.3, -0.25) is 0 Å². The number of carbonyl (C=O) groups is 1. The molecule has 2 aromatic rings. The Kier molecular flexibility index (Phi) is 6.16. The van der Waals surface area contributed by atoms with Gasteiger partial charge in [0.1, 0.15) is 17.9 Å². The van der Waals surface area contributed by atoms with Crippen LogP contribution in [-0.4, -0.2) is 29.8 Å². The van der Waals surface area contributed by atoms with Crippen molar-refractivity contribution in [3.05, 3.63) is 71.5 Å². The molecule has 1 heterocycles. The maximum absolute atomic E-state index is 12.4. The first-order chi connectivity index (χ1) is 13.9. The van der Waals surface area contributed by atoms with Crippen molar-refractivity contribution in [2.24, 2.45) is 5.92 Å². The van der Waals surface area contributed by atoms with Crippen LogP contribution in [0.5, 0.6) is 0 Å². The van der Waals surface area contributed by atoms with Crippen molar-refractivity contribution in [2.75, 3.05) is 23.8 Å². The molecule has 3 rings (SSSR count). The van der Waals surface area contributed by atoms with E-state index in [1.54, 1.807) is 0 Å². The molecule has 0 bridgehead atoms. The molecule has 0 radical (unpaired) electrons. The van der Waals surface area contributed by atoms with Crippen molar-refractivity contribution in [3.63, 3.8) is 0 Å². The summed E-state index contributed by atoms with van der Waals surface area (Å²) in [7, 11) is 0. The summed E-state index contributed by atoms with van der Waals surface area (Å²) >= 11 is 0. The second-order valence-corrected chi connectivity index (χ2v) is 7.85. The van der Waals surface area contributed by atoms with Crippen LogP contribution in [0.15, 0.2) is 65.9 Å². The number of cyclic esters (lactones) is 1. The Bertz CT molecular complexity index is 875. The standard InChI is InChI=1S/C24H30N2O3/c1-4-26(20-8-6-5-7-9-20)24(15-14-18-10-12-19(25)13-11-18)16-29-23(28)21(17(2)3)22(24)27/h5-13,17,27H,4,14-16,25H2,1-3H3. The molecule has 0 saturated carbocycles. The molecule has 154 valence electrons. The fraction of sp³-hybridized carbons (Fsp3) is 0.375. The topological polar surface area (TPSA) is 75.8 Å². The Hall–Kier alpha value is -2.95. The number of likely N-dealkylation sites (N-methyl/N-ethyl adjacent to an activating group) is 1. The van der Waals surface area contributed by atoms with E-state index in [0.717, 1.165) is 23.4 Å². The zero-order valence-corrected chi connectivity index (χ0v) is 17.4. The van der Waals surface area contributed by atoms with E-state index >= 15 is 0 Å². The fourth-order valence-corrected chi connectivity index (χ4v) is 4.09. The number of benzene rings is 2. The lowest BCUT2D eigenvalue weighted by Gasteiger charge is -2.47. The van der Waals surface area contributed by atoms with Gasteiger partial charge in [0.25, 0.3) is 0 Å². The Morgan fingerprint density at radius 2 is 1.79 bits per heavy atom. The highest BCUT2D eigenvalue weighted by Crippen LogP contribution is 2.39. The minimum Gasteiger partial charge on any atom is -0.509 e. The molecule has 0 aromatic heterocycles. The smallest absolute Gasteiger partial charge is 0.337 e. The number of hydrogen-bond donors (Lipinski definition) is 2. The molecule has 0 amide bonds. The van der Waals surface area contributed by atoms with Gasteiger partial charge < -0.3 is 20.5 Å². The number of aliphatic hydroxyl groups is 1. The van der Waals surface area contributed by atoms with Crippen LogP contribution in [0.3, 0.4) is 0 Å². The van der Waals surface area contributed by atoms with E-state index in [2.05, 4.69) is 11.8 Å². The van der Waals surface area contributed by atoms with Crippen LogP contribution in [0.4, 0.5) is 11.4 Å². The molecule has 0 aliphatic carbocycles. The van der Waals surface area contributed by atoms with E-state index in [1.807, 2.05) is 68.4 Å². The third kappa shape index (κ3) is 4.09. The van der Waals surface area contributed by atoms with Crippen LogP contribution in [-0.2, 0) is 16.0 Å². The summed E-state index contributed by atoms with van der Waals surface area (Å²) < 4.78 is 5.63. The van der Waals surface area contributed by atoms with E-state index in [1.165, 1.54) is 0 Å². The molecule has 1 aliphatic rings. The van der Waals surface area contributed by atoms with E-state index in [9.17, 15) is 9.90 Å². The summed E-state index contributed by atoms with van der Waals surface area (Å²) in [5, 5.41) is 11.4. The molecule has 5 heteroatoms. The number of rotatable bonds is 7. The van der Waals surface area contributed by atoms with Crippen LogP contribution < -0.4 is 10.6 Å². The highest BCUT2D eigenvalue weighted by molar-refractivity contribution is 5.91. The molecule has 1 atom stereocenters. The second kappa shape index (κ2) is 8.60. The van der Waals surface area contributed by atoms with Gasteiger partial charge in [0.15, 0.2) is 0 Å². The first-order valence-electron chi connectivity index (χ1n) is 10.2. The number of hydrogen-bond acceptors (Lipinski definition) is 5. The van der Waals surface area contributed by atoms with Crippen LogP contribution in [0.25, 0.3) is 0 Å². The van der Waals surface area contributed by atoms with Gasteiger partial charge in [-0.1, -0.05) is 44.2 Å². The van der Waals surface area contributed by atoms with Crippen molar-refractivity contribution in [2.45, 2.75) is 39.2 Å². The maximum atomic E-state index is 12.4. The van der Waals surface area contributed by atoms with E-state index in [4.69, 9.17) is 10.5 Å². The zero-order valence-electron chi connectivity index (χ0n) is 17.4. The van der Waals surface area contributed by atoms with Gasteiger partial charge in [0.2, 0.25) is 0 Å². The van der Waals surface area contributed by atoms with E-state index < -0.39 is 11.5 Å². The van der Waals surface area contributed by atoms with E-state index in [-0.39, 0.29) is 18.3 Å². The monoisotopic (exact) mass is 394 g/mol. The number of carbonyl (C=O) groups excluding carboxylic acids is 1. The average Bonchev–Trinajstić information content (AvgIpc) is 2.71. The van der Waals surface area contributed by atoms with Gasteiger partial charge in [-0.2, -0.15) is 0 Å². The molecular weight excluding hydrogens is 364 g/mol. The Balaban J connectivity index is 2.07. The highest BCUT2D eigenvalue weighted by atomic mass is 16.5. The summed E-state index contributed by atoms with van der Waals surface area (Å²) in [4.78, 5) is 14.6. The number of aryl methyl sites for hydroxylation is 1. The minimum absolute atomic E-state index is 0.117. The third-order valence-corrected chi connectivity index (χ3v) is 5.64. The number of aliphatic hydroxyl groups excluding tert-OH is 1. The molecule has 0 fully saturated rings. The molecule has 29 heavy (non-hydrogen) atoms. The predicted octanol–water partition coefficient (Wildman–Crippen LogP) is 4.49. The number of esters is 1. The first kappa shape index (κ1) is 20.8. The second-order valence-electron chi connectivity index (χ2n) is 7.85. The normalized spacial score (nSPS) is 19.4. The molecular formula is C24H30N2O3. The van der Waals surface area contributed by atoms with Gasteiger partial charge in [-0.05, 0) is 55.5 Å². The van der Waals surface area contributed by atoms with Gasteiger partial charge >= 0.3 is 5.97 Å². The Morgan fingerprint density at radius 3 is 2.38 bits per heavy atom. The fourth-order valence-electron chi connectivity index (χ4n) is 4.09. The highest BCUT2D eigenvalue weighted by Gasteiger charge is 2.48. The number of nitrogen functional groups attached to an aromatic ring is 1. The van der Waals surface area contributed by atoms with Gasteiger partial charge in [0.05, 0.1) is 5.57 Å². The first-order valence-corrected chi connectivity index (χ1v) is 10.2. The van der Waals surface area contributed by atoms with Crippen molar-refractivity contribution in [1.82, 2.24) is 0 Å². The lowest BCUT2D eigenvalue weighted by atomic mass is 9.81. The SMILES string of the molecule is CCN(c1ccccc1)C1(CCc2ccc(N)cc2)COC(=O)C(C(C)C)=C1O. The zero-order chi connectivity index (χ0) is 21.0. The minimum atomic E-state index is -0.814. The lowest BCUT2D eigenvalue weighted by molar-refractivity contribution is -0.144. The quantitative estimate of drug-likeness (QED) is 0.534. The summed E-state index contributed by atoms with van der Waals surface area (Å²) in [6.45, 7) is 6.64. The van der Waals surface area contributed by atoms with Gasteiger partial charge in [0, 0.05) is 17.9 Å². The number of para-hydroxylation sites is 1. The summed E-state index contributed by atoms with van der Waals surface area (Å²) in [6, 6.07) is 17.7. The van der Waals surface area contributed by atoms with Crippen LogP contribution >= 0.6 is 0 Å². The van der Waals surface area contributed by atoms with Gasteiger partial charge in [-0.25, -0.2) is 4.79 Å². The van der Waals surface area contributed by atoms with Crippen molar-refractivity contribution in [3.8, 4) is 0 Å². The molecule has 2 aromatic carbocycles. The molecule has 1 aliphatic heterocycles. The molecule has 3 N–H and O–H groups in total. The number of anilines is 2. The molecule has 0 saturated heterocycles. The number of nitrogens with two attached hydrogens (primary N) is 1. The Labute approximate surface area is 172 Å². The maximum Gasteiger partial charge on any atom is 0.337 e. The van der Waals surface area contributed by atoms with Crippen molar-refractivity contribution < 1.29 is 14.6 Å². The third-order valence-electron chi connectivity index (χ3n) is 5.64. The molecule has 5 nitrogen and oxygen atoms in total. The predicted molar refractivity (Wildman–Crippen MR) is 117 cm³/mol. The molecule has 0 spiro atoms. The van der Waals surface area contributed by atoms with Crippen molar-refractivity contribution in [1.29, 1.82) is 0 Å².